The molecule has 0 fully saturated rings. The molecule has 3 atom stereocenters. The first-order valence-corrected chi connectivity index (χ1v) is 13.4. The molecule has 0 saturated heterocycles. The highest BCUT2D eigenvalue weighted by Gasteiger charge is 2.35. The highest BCUT2D eigenvalue weighted by Crippen LogP contribution is 2.21. The number of rotatable bonds is 11. The van der Waals surface area contributed by atoms with Crippen molar-refractivity contribution in [2.24, 2.45) is 23.7 Å². The molecule has 0 radical (unpaired) electrons. The van der Waals surface area contributed by atoms with Crippen LogP contribution in [0.15, 0.2) is 42.9 Å². The van der Waals surface area contributed by atoms with E-state index in [-0.39, 0.29) is 50.0 Å². The van der Waals surface area contributed by atoms with Gasteiger partial charge in [-0.3, -0.25) is 24.0 Å². The molecule has 2 heterocycles. The minimum atomic E-state index is -0.882. The number of hydrogen-bond acceptors (Lipinski definition) is 7. The summed E-state index contributed by atoms with van der Waals surface area (Å²) in [6.07, 6.45) is 3.13. The summed E-state index contributed by atoms with van der Waals surface area (Å²) in [7, 11) is 0. The molecule has 2 N–H and O–H groups in total. The fraction of sp³-hybridized carbons (Fsp3) is 0.517. The summed E-state index contributed by atoms with van der Waals surface area (Å²) in [6, 6.07) is 8.38. The maximum atomic E-state index is 13.4. The van der Waals surface area contributed by atoms with E-state index in [9.17, 15) is 24.0 Å². The highest BCUT2D eigenvalue weighted by atomic mass is 16.5. The first-order valence-electron chi connectivity index (χ1n) is 13.4. The van der Waals surface area contributed by atoms with Gasteiger partial charge in [0.05, 0.1) is 24.7 Å². The van der Waals surface area contributed by atoms with E-state index in [1.165, 1.54) is 0 Å². The van der Waals surface area contributed by atoms with Gasteiger partial charge in [-0.25, -0.2) is 4.98 Å². The van der Waals surface area contributed by atoms with Crippen LogP contribution in [-0.2, 0) is 48.3 Å². The van der Waals surface area contributed by atoms with Crippen LogP contribution in [0.2, 0.25) is 0 Å². The van der Waals surface area contributed by atoms with Gasteiger partial charge in [-0.2, -0.15) is 0 Å². The van der Waals surface area contributed by atoms with Crippen LogP contribution in [0.4, 0.5) is 0 Å². The van der Waals surface area contributed by atoms with E-state index in [2.05, 4.69) is 15.6 Å². The van der Waals surface area contributed by atoms with Gasteiger partial charge < -0.3 is 19.9 Å². The molecule has 0 saturated carbocycles. The number of imidazole rings is 1. The van der Waals surface area contributed by atoms with Gasteiger partial charge in [0.1, 0.15) is 6.61 Å². The maximum absolute atomic E-state index is 13.4. The van der Waals surface area contributed by atoms with Gasteiger partial charge in [-0.05, 0) is 23.8 Å². The van der Waals surface area contributed by atoms with Crippen LogP contribution in [0, 0.1) is 23.7 Å². The number of ether oxygens (including phenoxy) is 1. The minimum Gasteiger partial charge on any atom is -0.461 e. The molecule has 3 unspecified atom stereocenters. The number of nitrogens with zero attached hydrogens (tertiary/aromatic N) is 2. The van der Waals surface area contributed by atoms with Crippen molar-refractivity contribution in [1.82, 2.24) is 20.2 Å². The van der Waals surface area contributed by atoms with E-state index in [0.29, 0.717) is 6.54 Å². The van der Waals surface area contributed by atoms with Crippen molar-refractivity contribution in [1.29, 1.82) is 0 Å². The predicted octanol–water partition coefficient (Wildman–Crippen LogP) is 2.25. The minimum absolute atomic E-state index is 0.112. The summed E-state index contributed by atoms with van der Waals surface area (Å²) in [6.45, 7) is 8.13. The van der Waals surface area contributed by atoms with E-state index in [1.54, 1.807) is 26.4 Å². The lowest BCUT2D eigenvalue weighted by Crippen LogP contribution is -2.49. The van der Waals surface area contributed by atoms with Crippen LogP contribution in [0.5, 0.6) is 0 Å². The molecule has 1 aliphatic heterocycles. The van der Waals surface area contributed by atoms with Gasteiger partial charge in [-0.15, -0.1) is 0 Å². The van der Waals surface area contributed by atoms with Gasteiger partial charge in [-0.1, -0.05) is 58.0 Å². The second kappa shape index (κ2) is 13.8. The summed E-state index contributed by atoms with van der Waals surface area (Å²) in [5, 5.41) is 5.42. The van der Waals surface area contributed by atoms with Crippen molar-refractivity contribution in [3.05, 3.63) is 54.1 Å². The number of carbonyl (C=O) groups excluding carboxylic acids is 5. The van der Waals surface area contributed by atoms with E-state index in [0.717, 1.165) is 11.3 Å². The molecular formula is C29H38N4O6. The van der Waals surface area contributed by atoms with Crippen molar-refractivity contribution in [2.45, 2.75) is 66.2 Å². The Bertz CT molecular complexity index is 1170. The summed E-state index contributed by atoms with van der Waals surface area (Å²) in [5.74, 6) is -4.68. The van der Waals surface area contributed by atoms with Gasteiger partial charge in [0, 0.05) is 37.3 Å². The molecule has 1 aromatic carbocycles. The second-order valence-corrected chi connectivity index (χ2v) is 10.7. The van der Waals surface area contributed by atoms with E-state index in [1.807, 2.05) is 48.7 Å². The standard InChI is InChI=1S/C29H38N4O6/c1-18(2)23(14-25(35)39-16-20-8-6-5-7-9-20)28(37)32-26(19(3)4)24(34)13-21-12-22-15-30-17-33(22)11-10-31-29(38)27(21)36/h5-9,15,17-19,21,23,26H,10-14,16H2,1-4H3,(H,31,38)(H,32,37). The summed E-state index contributed by atoms with van der Waals surface area (Å²) in [4.78, 5) is 68.6. The zero-order valence-corrected chi connectivity index (χ0v) is 23.0. The number of carbonyl (C=O) groups is 5. The quantitative estimate of drug-likeness (QED) is 0.331. The number of aromatic nitrogens is 2. The van der Waals surface area contributed by atoms with E-state index < -0.39 is 41.4 Å². The Morgan fingerprint density at radius 3 is 2.49 bits per heavy atom. The lowest BCUT2D eigenvalue weighted by atomic mass is 9.86. The largest absolute Gasteiger partial charge is 0.461 e. The lowest BCUT2D eigenvalue weighted by molar-refractivity contribution is -0.149. The molecule has 0 spiro atoms. The number of hydrogen-bond donors (Lipinski definition) is 2. The first kappa shape index (κ1) is 29.7. The number of Topliss-reactive ketones (excluding diaryl/α,β-unsaturated/α-hetero) is 2. The van der Waals surface area contributed by atoms with Gasteiger partial charge in [0.25, 0.3) is 5.91 Å². The molecule has 10 heteroatoms. The van der Waals surface area contributed by atoms with Crippen LogP contribution >= 0.6 is 0 Å². The van der Waals surface area contributed by atoms with Crippen LogP contribution in [0.25, 0.3) is 0 Å². The zero-order valence-electron chi connectivity index (χ0n) is 23.0. The molecule has 2 amide bonds. The van der Waals surface area contributed by atoms with Crippen molar-refractivity contribution in [2.75, 3.05) is 6.54 Å². The Morgan fingerprint density at radius 2 is 1.82 bits per heavy atom. The Morgan fingerprint density at radius 1 is 1.10 bits per heavy atom. The summed E-state index contributed by atoms with van der Waals surface area (Å²) in [5.41, 5.74) is 1.61. The highest BCUT2D eigenvalue weighted by molar-refractivity contribution is 6.37. The fourth-order valence-corrected chi connectivity index (χ4v) is 4.65. The number of esters is 1. The lowest BCUT2D eigenvalue weighted by Gasteiger charge is -2.27. The Labute approximate surface area is 228 Å². The van der Waals surface area contributed by atoms with Gasteiger partial charge in [0.15, 0.2) is 5.78 Å². The van der Waals surface area contributed by atoms with Crippen LogP contribution in [-0.4, -0.2) is 51.5 Å². The number of nitrogens with one attached hydrogen (secondary N) is 2. The third kappa shape index (κ3) is 8.33. The van der Waals surface area contributed by atoms with E-state index in [4.69, 9.17) is 4.74 Å². The topological polar surface area (TPSA) is 136 Å². The molecule has 210 valence electrons. The van der Waals surface area contributed by atoms with Gasteiger partial charge in [0.2, 0.25) is 11.7 Å². The third-order valence-corrected chi connectivity index (χ3v) is 7.02. The molecule has 1 aromatic heterocycles. The van der Waals surface area contributed by atoms with Crippen molar-refractivity contribution in [3.63, 3.8) is 0 Å². The number of ketones is 2. The molecule has 39 heavy (non-hydrogen) atoms. The average molecular weight is 539 g/mol. The zero-order chi connectivity index (χ0) is 28.5. The van der Waals surface area contributed by atoms with Crippen LogP contribution < -0.4 is 10.6 Å². The summed E-state index contributed by atoms with van der Waals surface area (Å²) >= 11 is 0. The molecule has 3 rings (SSSR count). The molecular weight excluding hydrogens is 500 g/mol. The molecule has 0 aliphatic carbocycles. The maximum Gasteiger partial charge on any atom is 0.306 e. The van der Waals surface area contributed by atoms with Crippen molar-refractivity contribution in [3.8, 4) is 0 Å². The number of fused-ring (bicyclic) bond motifs is 1. The van der Waals surface area contributed by atoms with Crippen molar-refractivity contribution < 1.29 is 28.7 Å². The predicted molar refractivity (Wildman–Crippen MR) is 143 cm³/mol. The van der Waals surface area contributed by atoms with Crippen LogP contribution in [0.1, 0.15) is 51.8 Å². The first-order chi connectivity index (χ1) is 18.6. The average Bonchev–Trinajstić information content (AvgIpc) is 3.35. The molecule has 2 aromatic rings. The van der Waals surface area contributed by atoms with Gasteiger partial charge >= 0.3 is 5.97 Å². The van der Waals surface area contributed by atoms with Crippen LogP contribution in [0.3, 0.4) is 0 Å². The summed E-state index contributed by atoms with van der Waals surface area (Å²) < 4.78 is 7.22. The van der Waals surface area contributed by atoms with Crippen molar-refractivity contribution >= 4 is 29.4 Å². The molecule has 10 nitrogen and oxygen atoms in total. The number of benzene rings is 1. The van der Waals surface area contributed by atoms with E-state index >= 15 is 0 Å². The number of amides is 2. The Kier molecular flexibility index (Phi) is 10.5. The fourth-order valence-electron chi connectivity index (χ4n) is 4.65. The molecule has 1 aliphatic rings. The third-order valence-electron chi connectivity index (χ3n) is 7.02. The Balaban J connectivity index is 1.67. The monoisotopic (exact) mass is 538 g/mol. The Hall–Kier alpha value is -3.82. The second-order valence-electron chi connectivity index (χ2n) is 10.7. The normalized spacial score (nSPS) is 17.3. The molecule has 0 bridgehead atoms. The SMILES string of the molecule is CC(C)C(CC(=O)OCc1ccccc1)C(=O)NC(C(=O)CC1Cc2cncn2CCNC(=O)C1=O)C(C)C. The smallest absolute Gasteiger partial charge is 0.306 e.